The van der Waals surface area contributed by atoms with Crippen LogP contribution in [0.15, 0.2) is 0 Å². The zero-order chi connectivity index (χ0) is 20.2. The molecule has 0 N–H and O–H groups in total. The Morgan fingerprint density at radius 2 is 0.480 bits per heavy atom. The van der Waals surface area contributed by atoms with Crippen LogP contribution in [0.2, 0.25) is 0 Å². The van der Waals surface area contributed by atoms with Crippen LogP contribution in [0.5, 0.6) is 0 Å². The molecule has 0 atom stereocenters. The first-order valence-electron chi connectivity index (χ1n) is 7.22. The van der Waals surface area contributed by atoms with Crippen LogP contribution in [-0.2, 0) is 48.2 Å². The van der Waals surface area contributed by atoms with Crippen LogP contribution in [-0.4, -0.2) is 34.7 Å². The van der Waals surface area contributed by atoms with Gasteiger partial charge in [0.2, 0.25) is 0 Å². The summed E-state index contributed by atoms with van der Waals surface area (Å²) in [5, 5.41) is 0. The van der Waals surface area contributed by atoms with Crippen molar-refractivity contribution < 1.29 is 48.2 Å². The molecule has 1 radical (unpaired) electrons. The minimum absolute atomic E-state index is 0. The second kappa shape index (κ2) is 15.8. The molecule has 0 saturated carbocycles. The Morgan fingerprint density at radius 1 is 0.400 bits per heavy atom. The normalized spacial score (nSPS) is 8.04. The van der Waals surface area contributed by atoms with Gasteiger partial charge in [0.1, 0.15) is 0 Å². The predicted octanol–water partition coefficient (Wildman–Crippen LogP) is 2.27. The molecule has 0 spiro atoms. The largest absolute Gasteiger partial charge is 3.00 e. The molecular weight excluding hydrogens is 413 g/mol. The molecule has 0 aromatic carbocycles. The molecule has 0 fully saturated rings. The molecule has 0 rings (SSSR count). The standard InChI is InChI=1S/3C6H9O2.Ru/c3*1-4(5(2)7)6(3)8;/h3*1-3H3;/q3*-1;+3. The Hall–Kier alpha value is -1.75. The SMILES string of the molecule is CC(=O)[C-](C)C(C)=O.CC(=O)[C-](C)C(C)=O.CC(=O)[C-](C)C(C)=O.[Ru+3]. The summed E-state index contributed by atoms with van der Waals surface area (Å²) >= 11 is 0. The van der Waals surface area contributed by atoms with Crippen molar-refractivity contribution >= 4 is 34.7 Å². The zero-order valence-corrected chi connectivity index (χ0v) is 18.0. The maximum Gasteiger partial charge on any atom is 3.00 e. The third-order valence-electron chi connectivity index (χ3n) is 3.17. The first kappa shape index (κ1) is 31.1. The number of carbonyl (C=O) groups excluding carboxylic acids is 6. The molecule has 6 nitrogen and oxygen atoms in total. The molecule has 0 bridgehead atoms. The summed E-state index contributed by atoms with van der Waals surface area (Å²) in [5.74, 6) is 0.125. The van der Waals surface area contributed by atoms with Gasteiger partial charge in [0.15, 0.2) is 0 Å². The van der Waals surface area contributed by atoms with Crippen LogP contribution >= 0.6 is 0 Å². The fourth-order valence-electron chi connectivity index (χ4n) is 0.744. The third kappa shape index (κ3) is 18.4. The quantitative estimate of drug-likeness (QED) is 0.357. The average Bonchev–Trinajstić information content (AvgIpc) is 2.45. The average molecular weight is 440 g/mol. The number of carbonyl (C=O) groups is 6. The number of Topliss-reactive ketones (excluding diaryl/α,β-unsaturated/α-hetero) is 6. The van der Waals surface area contributed by atoms with E-state index in [1.807, 2.05) is 0 Å². The third-order valence-corrected chi connectivity index (χ3v) is 3.17. The molecule has 0 aromatic rings. The van der Waals surface area contributed by atoms with Gasteiger partial charge in [-0.2, -0.15) is 20.8 Å². The fraction of sp³-hybridized carbons (Fsp3) is 0.500. The summed E-state index contributed by atoms with van der Waals surface area (Å²) in [4.78, 5) is 62.0. The molecule has 0 unspecified atom stereocenters. The van der Waals surface area contributed by atoms with Crippen molar-refractivity contribution in [2.45, 2.75) is 62.3 Å². The Kier molecular flexibility index (Phi) is 19.6. The minimum atomic E-state index is -0.141. The molecular formula is C18H27O6Ru. The molecule has 143 valence electrons. The van der Waals surface area contributed by atoms with Crippen LogP contribution < -0.4 is 0 Å². The van der Waals surface area contributed by atoms with E-state index in [1.165, 1.54) is 62.3 Å². The van der Waals surface area contributed by atoms with Gasteiger partial charge in [0.05, 0.1) is 0 Å². The summed E-state index contributed by atoms with van der Waals surface area (Å²) < 4.78 is 0. The van der Waals surface area contributed by atoms with Crippen LogP contribution in [0.4, 0.5) is 0 Å². The zero-order valence-electron chi connectivity index (χ0n) is 16.3. The van der Waals surface area contributed by atoms with E-state index in [2.05, 4.69) is 0 Å². The smallest absolute Gasteiger partial charge is 0.334 e. The van der Waals surface area contributed by atoms with Gasteiger partial charge in [0, 0.05) is 34.7 Å². The monoisotopic (exact) mass is 441 g/mol. The molecule has 0 saturated heterocycles. The molecule has 0 aliphatic heterocycles. The van der Waals surface area contributed by atoms with Crippen LogP contribution in [0, 0.1) is 17.8 Å². The molecule has 0 aliphatic rings. The Labute approximate surface area is 163 Å². The van der Waals surface area contributed by atoms with Crippen LogP contribution in [0.3, 0.4) is 0 Å². The van der Waals surface area contributed by atoms with Gasteiger partial charge in [0.25, 0.3) is 0 Å². The maximum absolute atomic E-state index is 10.3. The van der Waals surface area contributed by atoms with Crippen LogP contribution in [0.25, 0.3) is 0 Å². The summed E-state index contributed by atoms with van der Waals surface area (Å²) in [6.45, 7) is 12.9. The molecule has 7 heteroatoms. The number of hydrogen-bond donors (Lipinski definition) is 0. The van der Waals surface area contributed by atoms with Crippen molar-refractivity contribution in [2.75, 3.05) is 0 Å². The van der Waals surface area contributed by atoms with Gasteiger partial charge in [-0.25, -0.2) is 0 Å². The molecule has 25 heavy (non-hydrogen) atoms. The Morgan fingerprint density at radius 3 is 0.480 bits per heavy atom. The molecule has 0 aliphatic carbocycles. The van der Waals surface area contributed by atoms with E-state index in [0.29, 0.717) is 17.8 Å². The second-order valence-corrected chi connectivity index (χ2v) is 5.21. The van der Waals surface area contributed by atoms with Gasteiger partial charge in [-0.05, 0) is 41.5 Å². The van der Waals surface area contributed by atoms with Crippen molar-refractivity contribution in [3.63, 3.8) is 0 Å². The van der Waals surface area contributed by atoms with Gasteiger partial charge in [-0.15, -0.1) is 0 Å². The van der Waals surface area contributed by atoms with Gasteiger partial charge >= 0.3 is 19.5 Å². The van der Waals surface area contributed by atoms with Gasteiger partial charge in [-0.3, -0.25) is 17.8 Å². The first-order chi connectivity index (χ1) is 10.7. The van der Waals surface area contributed by atoms with E-state index in [0.717, 1.165) is 0 Å². The van der Waals surface area contributed by atoms with E-state index in [-0.39, 0.29) is 54.2 Å². The first-order valence-corrected chi connectivity index (χ1v) is 7.22. The van der Waals surface area contributed by atoms with Crippen LogP contribution in [0.1, 0.15) is 62.3 Å². The summed E-state index contributed by atoms with van der Waals surface area (Å²) in [5.41, 5.74) is 0. The van der Waals surface area contributed by atoms with E-state index < -0.39 is 0 Å². The van der Waals surface area contributed by atoms with Crippen molar-refractivity contribution in [3.8, 4) is 0 Å². The van der Waals surface area contributed by atoms with Crippen molar-refractivity contribution in [3.05, 3.63) is 17.8 Å². The topological polar surface area (TPSA) is 102 Å². The van der Waals surface area contributed by atoms with Gasteiger partial charge < -0.3 is 28.8 Å². The summed E-state index contributed by atoms with van der Waals surface area (Å²) in [7, 11) is 0. The van der Waals surface area contributed by atoms with Crippen molar-refractivity contribution in [1.82, 2.24) is 0 Å². The second-order valence-electron chi connectivity index (χ2n) is 5.21. The van der Waals surface area contributed by atoms with E-state index >= 15 is 0 Å². The Balaban J connectivity index is -0.000000130. The van der Waals surface area contributed by atoms with E-state index in [1.54, 1.807) is 0 Å². The predicted molar refractivity (Wildman–Crippen MR) is 90.8 cm³/mol. The van der Waals surface area contributed by atoms with Gasteiger partial charge in [-0.1, -0.05) is 0 Å². The number of rotatable bonds is 6. The molecule has 0 aromatic heterocycles. The minimum Gasteiger partial charge on any atom is -0.334 e. The summed E-state index contributed by atoms with van der Waals surface area (Å²) in [6.07, 6.45) is 0. The Bertz CT molecular complexity index is 382. The van der Waals surface area contributed by atoms with E-state index in [9.17, 15) is 28.8 Å². The summed E-state index contributed by atoms with van der Waals surface area (Å²) in [6, 6.07) is 0. The molecule has 0 amide bonds. The maximum atomic E-state index is 10.3. The van der Waals surface area contributed by atoms with E-state index in [4.69, 9.17) is 0 Å². The van der Waals surface area contributed by atoms with Crippen molar-refractivity contribution in [1.29, 1.82) is 0 Å². The van der Waals surface area contributed by atoms with Crippen molar-refractivity contribution in [2.24, 2.45) is 0 Å². The fourth-order valence-corrected chi connectivity index (χ4v) is 0.744. The number of ketones is 6. The number of hydrogen-bond acceptors (Lipinski definition) is 6. The molecule has 0 heterocycles.